The lowest BCUT2D eigenvalue weighted by atomic mass is 10.0. The van der Waals surface area contributed by atoms with Crippen LogP contribution in [0.15, 0.2) is 15.8 Å². The summed E-state index contributed by atoms with van der Waals surface area (Å²) in [4.78, 5) is 42.3. The number of thiol groups is 1. The van der Waals surface area contributed by atoms with E-state index in [1.54, 1.807) is 7.05 Å². The molecule has 2 aliphatic rings. The first-order valence-corrected chi connectivity index (χ1v) is 10.8. The van der Waals surface area contributed by atoms with E-state index in [0.29, 0.717) is 23.6 Å². The lowest BCUT2D eigenvalue weighted by Gasteiger charge is -2.49. The summed E-state index contributed by atoms with van der Waals surface area (Å²) < 4.78 is 6.38. The standard InChI is InChI=1S/C16H18N8O5S2/c1-3-7-17-9(29-20-7)4-8(25)18-10-14(26)24-11(16(27)28)6(5-31-15(10)24)12(30)13-19-21-22-23(13)2/h10,12,15,30H,3-5H2,1-2H3,(H,18,25)(H,27,28)/t10?,12?,15-/m1/s1. The molecule has 2 aromatic rings. The summed E-state index contributed by atoms with van der Waals surface area (Å²) in [6.07, 6.45) is 0.405. The van der Waals surface area contributed by atoms with Crippen LogP contribution in [0.3, 0.4) is 0 Å². The highest BCUT2D eigenvalue weighted by Gasteiger charge is 2.54. The maximum Gasteiger partial charge on any atom is 0.352 e. The molecule has 0 saturated carbocycles. The Hall–Kier alpha value is -2.94. The first-order chi connectivity index (χ1) is 14.8. The Morgan fingerprint density at radius 3 is 2.84 bits per heavy atom. The van der Waals surface area contributed by atoms with Gasteiger partial charge in [0.1, 0.15) is 23.5 Å². The first-order valence-electron chi connectivity index (χ1n) is 9.24. The molecule has 0 aromatic carbocycles. The Kier molecular flexibility index (Phi) is 5.70. The van der Waals surface area contributed by atoms with Crippen molar-refractivity contribution in [3.63, 3.8) is 0 Å². The molecule has 0 bridgehead atoms. The van der Waals surface area contributed by atoms with Crippen molar-refractivity contribution in [2.75, 3.05) is 5.75 Å². The van der Waals surface area contributed by atoms with Crippen molar-refractivity contribution in [2.45, 2.75) is 36.4 Å². The number of hydrogen-bond donors (Lipinski definition) is 3. The van der Waals surface area contributed by atoms with E-state index in [0.717, 1.165) is 0 Å². The van der Waals surface area contributed by atoms with E-state index in [-0.39, 0.29) is 23.8 Å². The number of fused-ring (bicyclic) bond motifs is 1. The largest absolute Gasteiger partial charge is 0.477 e. The molecule has 2 N–H and O–H groups in total. The number of carboxylic acids is 1. The van der Waals surface area contributed by atoms with Crippen LogP contribution in [0.2, 0.25) is 0 Å². The zero-order valence-corrected chi connectivity index (χ0v) is 18.1. The van der Waals surface area contributed by atoms with E-state index < -0.39 is 34.4 Å². The van der Waals surface area contributed by atoms with Gasteiger partial charge in [-0.25, -0.2) is 9.48 Å². The highest BCUT2D eigenvalue weighted by Crippen LogP contribution is 2.44. The van der Waals surface area contributed by atoms with Gasteiger partial charge in [-0.05, 0) is 16.0 Å². The quantitative estimate of drug-likeness (QED) is 0.342. The lowest BCUT2D eigenvalue weighted by Crippen LogP contribution is -2.70. The number of nitrogens with zero attached hydrogens (tertiary/aromatic N) is 7. The summed E-state index contributed by atoms with van der Waals surface area (Å²) in [5.41, 5.74) is 0.248. The summed E-state index contributed by atoms with van der Waals surface area (Å²) in [6, 6.07) is -0.850. The molecule has 4 heterocycles. The van der Waals surface area contributed by atoms with Crippen molar-refractivity contribution in [3.05, 3.63) is 28.8 Å². The summed E-state index contributed by atoms with van der Waals surface area (Å²) in [5.74, 6) is -0.957. The predicted octanol–water partition coefficient (Wildman–Crippen LogP) is -0.892. The molecule has 15 heteroatoms. The minimum atomic E-state index is -1.26. The number of carbonyl (C=O) groups excluding carboxylic acids is 2. The molecule has 3 atom stereocenters. The maximum atomic E-state index is 12.7. The van der Waals surface area contributed by atoms with Crippen molar-refractivity contribution in [1.29, 1.82) is 0 Å². The number of thioether (sulfide) groups is 1. The van der Waals surface area contributed by atoms with Gasteiger partial charge in [0.15, 0.2) is 11.6 Å². The Labute approximate surface area is 185 Å². The molecule has 1 saturated heterocycles. The molecule has 2 aromatic heterocycles. The third-order valence-electron chi connectivity index (χ3n) is 4.88. The number of nitrogens with one attached hydrogen (secondary N) is 1. The number of rotatable bonds is 7. The van der Waals surface area contributed by atoms with Gasteiger partial charge in [0.25, 0.3) is 5.91 Å². The first kappa shape index (κ1) is 21.3. The molecule has 31 heavy (non-hydrogen) atoms. The molecule has 0 aliphatic carbocycles. The predicted molar refractivity (Wildman–Crippen MR) is 108 cm³/mol. The van der Waals surface area contributed by atoms with Crippen LogP contribution >= 0.6 is 24.4 Å². The second kappa shape index (κ2) is 8.30. The van der Waals surface area contributed by atoms with E-state index in [2.05, 4.69) is 43.6 Å². The lowest BCUT2D eigenvalue weighted by molar-refractivity contribution is -0.150. The number of β-lactam (4-membered cyclic amide) rings is 1. The minimum Gasteiger partial charge on any atom is -0.477 e. The average Bonchev–Trinajstić information content (AvgIpc) is 3.38. The van der Waals surface area contributed by atoms with Crippen LogP contribution in [-0.4, -0.2) is 75.3 Å². The number of aromatic nitrogens is 6. The van der Waals surface area contributed by atoms with E-state index >= 15 is 0 Å². The normalized spacial score (nSPS) is 21.5. The van der Waals surface area contributed by atoms with Crippen LogP contribution in [0.25, 0.3) is 0 Å². The fraction of sp³-hybridized carbons (Fsp3) is 0.500. The van der Waals surface area contributed by atoms with Gasteiger partial charge in [0, 0.05) is 19.2 Å². The molecule has 1 fully saturated rings. The van der Waals surface area contributed by atoms with Gasteiger partial charge < -0.3 is 14.9 Å². The molecule has 0 spiro atoms. The molecule has 0 radical (unpaired) electrons. The highest BCUT2D eigenvalue weighted by molar-refractivity contribution is 8.00. The third kappa shape index (κ3) is 3.78. The number of hydrogen-bond acceptors (Lipinski definition) is 11. The second-order valence-electron chi connectivity index (χ2n) is 6.83. The minimum absolute atomic E-state index is 0.151. The van der Waals surface area contributed by atoms with Gasteiger partial charge in [0.05, 0.1) is 5.25 Å². The van der Waals surface area contributed by atoms with E-state index in [4.69, 9.17) is 4.52 Å². The monoisotopic (exact) mass is 466 g/mol. The average molecular weight is 467 g/mol. The maximum absolute atomic E-state index is 12.7. The Morgan fingerprint density at radius 2 is 2.23 bits per heavy atom. The van der Waals surface area contributed by atoms with Crippen LogP contribution in [0.1, 0.15) is 29.7 Å². The van der Waals surface area contributed by atoms with Crippen molar-refractivity contribution < 1.29 is 24.0 Å². The number of carbonyl (C=O) groups is 3. The van der Waals surface area contributed by atoms with Crippen molar-refractivity contribution in [3.8, 4) is 0 Å². The Bertz CT molecular complexity index is 1080. The summed E-state index contributed by atoms with van der Waals surface area (Å²) >= 11 is 5.82. The van der Waals surface area contributed by atoms with Crippen LogP contribution < -0.4 is 5.32 Å². The molecular weight excluding hydrogens is 448 g/mol. The number of carboxylic acid groups (broad SMARTS) is 1. The Balaban J connectivity index is 1.50. The molecule has 164 valence electrons. The van der Waals surface area contributed by atoms with E-state index in [1.165, 1.54) is 21.3 Å². The topological polar surface area (TPSA) is 169 Å². The molecular formula is C16H18N8O5S2. The van der Waals surface area contributed by atoms with Crippen LogP contribution in [-0.2, 0) is 34.3 Å². The van der Waals surface area contributed by atoms with Crippen molar-refractivity contribution in [1.82, 2.24) is 40.6 Å². The van der Waals surface area contributed by atoms with E-state index in [1.807, 2.05) is 6.92 Å². The van der Waals surface area contributed by atoms with Crippen LogP contribution in [0.4, 0.5) is 0 Å². The van der Waals surface area contributed by atoms with Gasteiger partial charge in [-0.2, -0.15) is 17.6 Å². The van der Waals surface area contributed by atoms with Crippen molar-refractivity contribution >= 4 is 42.2 Å². The molecule has 13 nitrogen and oxygen atoms in total. The molecule has 2 aliphatic heterocycles. The fourth-order valence-corrected chi connectivity index (χ4v) is 5.29. The smallest absolute Gasteiger partial charge is 0.352 e. The van der Waals surface area contributed by atoms with Crippen LogP contribution in [0, 0.1) is 0 Å². The molecule has 2 unspecified atom stereocenters. The highest BCUT2D eigenvalue weighted by atomic mass is 32.2. The van der Waals surface area contributed by atoms with Crippen molar-refractivity contribution in [2.24, 2.45) is 7.05 Å². The van der Waals surface area contributed by atoms with Crippen LogP contribution in [0.5, 0.6) is 0 Å². The fourth-order valence-electron chi connectivity index (χ4n) is 3.34. The number of amides is 2. The zero-order chi connectivity index (χ0) is 22.3. The summed E-state index contributed by atoms with van der Waals surface area (Å²) in [7, 11) is 1.62. The van der Waals surface area contributed by atoms with Gasteiger partial charge in [0.2, 0.25) is 11.8 Å². The van der Waals surface area contributed by atoms with Gasteiger partial charge in [-0.3, -0.25) is 14.5 Å². The van der Waals surface area contributed by atoms with Gasteiger partial charge >= 0.3 is 5.97 Å². The van der Waals surface area contributed by atoms with Gasteiger partial charge in [-0.15, -0.1) is 16.9 Å². The summed E-state index contributed by atoms with van der Waals surface area (Å²) in [6.45, 7) is 1.86. The zero-order valence-electron chi connectivity index (χ0n) is 16.4. The van der Waals surface area contributed by atoms with E-state index in [9.17, 15) is 19.5 Å². The number of tetrazole rings is 1. The molecule has 2 amide bonds. The molecule has 4 rings (SSSR count). The second-order valence-corrected chi connectivity index (χ2v) is 8.45. The summed E-state index contributed by atoms with van der Waals surface area (Å²) in [5, 5.41) is 26.1. The number of aliphatic carboxylic acids is 1. The SMILES string of the molecule is CCc1noc(CC(=O)NC2C(=O)N3C(C(=O)O)=C(C(S)c4nnnn4C)CS[C@H]23)n1. The number of aryl methyl sites for hydroxylation is 2. The van der Waals surface area contributed by atoms with Gasteiger partial charge in [-0.1, -0.05) is 12.1 Å². The Morgan fingerprint density at radius 1 is 1.45 bits per heavy atom. The third-order valence-corrected chi connectivity index (χ3v) is 6.73.